The van der Waals surface area contributed by atoms with E-state index in [0.717, 1.165) is 51.6 Å². The van der Waals surface area contributed by atoms with Crippen LogP contribution in [0, 0.1) is 0 Å². The monoisotopic (exact) mass is 315 g/mol. The molecule has 0 aromatic carbocycles. The molecule has 0 saturated carbocycles. The first-order valence-electron chi connectivity index (χ1n) is 8.92. The Hall–Kier alpha value is -0.493. The topological polar surface area (TPSA) is 43.4 Å². The molecule has 0 rings (SSSR count). The number of carbonyl (C=O) groups excluding carboxylic acids is 1. The zero-order valence-electron chi connectivity index (χ0n) is 15.6. The van der Waals surface area contributed by atoms with Crippen molar-refractivity contribution in [3.8, 4) is 0 Å². The van der Waals surface area contributed by atoms with Gasteiger partial charge in [0.25, 0.3) is 0 Å². The molecule has 0 heterocycles. The van der Waals surface area contributed by atoms with Gasteiger partial charge in [0.15, 0.2) is 0 Å². The number of aliphatic carboxylic acids is 1. The molecule has 0 spiro atoms. The van der Waals surface area contributed by atoms with Crippen molar-refractivity contribution < 1.29 is 28.8 Å². The maximum Gasteiger partial charge on any atom is 1.00 e. The van der Waals surface area contributed by atoms with Gasteiger partial charge in [-0.2, -0.15) is 0 Å². The molecule has 0 aliphatic rings. The smallest absolute Gasteiger partial charge is 0.550 e. The van der Waals surface area contributed by atoms with Crippen molar-refractivity contribution in [2.45, 2.75) is 71.6 Å². The maximum absolute atomic E-state index is 10.6. The Balaban J connectivity index is 0. The van der Waals surface area contributed by atoms with Gasteiger partial charge in [0.2, 0.25) is 0 Å². The van der Waals surface area contributed by atoms with Crippen molar-refractivity contribution in [2.75, 3.05) is 19.6 Å². The van der Waals surface area contributed by atoms with E-state index in [4.69, 9.17) is 0 Å². The third kappa shape index (κ3) is 19.5. The summed E-state index contributed by atoms with van der Waals surface area (Å²) in [6.07, 6.45) is 18.2. The van der Waals surface area contributed by atoms with Crippen LogP contribution in [-0.4, -0.2) is 30.5 Å². The van der Waals surface area contributed by atoms with Gasteiger partial charge in [0.05, 0.1) is 0 Å². The second-order valence-electron chi connectivity index (χ2n) is 5.77. The van der Waals surface area contributed by atoms with Gasteiger partial charge in [-0.05, 0) is 58.0 Å². The quantitative estimate of drug-likeness (QED) is 0.254. The summed E-state index contributed by atoms with van der Waals surface area (Å²) in [6.45, 7) is 6.92. The summed E-state index contributed by atoms with van der Waals surface area (Å²) < 4.78 is 0. The molecular formula is C19H34LiNO2. The first kappa shape index (κ1) is 24.8. The molecule has 0 N–H and O–H groups in total. The molecule has 0 fully saturated rings. The molecule has 0 amide bonds. The van der Waals surface area contributed by atoms with Crippen molar-refractivity contribution in [3.05, 3.63) is 24.3 Å². The van der Waals surface area contributed by atoms with Gasteiger partial charge in [0.1, 0.15) is 0 Å². The number of carboxylic acids is 1. The summed E-state index contributed by atoms with van der Waals surface area (Å²) in [4.78, 5) is 12.9. The van der Waals surface area contributed by atoms with Crippen molar-refractivity contribution in [1.29, 1.82) is 0 Å². The summed E-state index contributed by atoms with van der Waals surface area (Å²) in [7, 11) is 0. The average molecular weight is 315 g/mol. The summed E-state index contributed by atoms with van der Waals surface area (Å²) in [5, 5.41) is 10.6. The van der Waals surface area contributed by atoms with Gasteiger partial charge in [0, 0.05) is 12.5 Å². The molecule has 0 saturated heterocycles. The third-order valence-electron chi connectivity index (χ3n) is 3.57. The molecule has 0 aromatic heterocycles. The number of nitrogens with zero attached hydrogens (tertiary/aromatic N) is 1. The normalized spacial score (nSPS) is 11.4. The van der Waals surface area contributed by atoms with Gasteiger partial charge in [-0.3, -0.25) is 0 Å². The van der Waals surface area contributed by atoms with E-state index >= 15 is 0 Å². The Morgan fingerprint density at radius 2 is 1.26 bits per heavy atom. The van der Waals surface area contributed by atoms with E-state index in [-0.39, 0.29) is 25.3 Å². The molecule has 0 aromatic rings. The van der Waals surface area contributed by atoms with Crippen LogP contribution in [0.5, 0.6) is 0 Å². The van der Waals surface area contributed by atoms with Gasteiger partial charge >= 0.3 is 18.9 Å². The van der Waals surface area contributed by atoms with Crippen LogP contribution in [0.15, 0.2) is 24.3 Å². The van der Waals surface area contributed by atoms with Crippen molar-refractivity contribution in [3.63, 3.8) is 0 Å². The molecule has 128 valence electrons. The number of carbonyl (C=O) groups is 1. The van der Waals surface area contributed by atoms with E-state index in [2.05, 4.69) is 43.1 Å². The minimum atomic E-state index is -0.948. The predicted octanol–water partition coefficient (Wildman–Crippen LogP) is 0.705. The number of unbranched alkanes of at least 4 members (excludes halogenated alkanes) is 4. The van der Waals surface area contributed by atoms with E-state index in [1.807, 2.05) is 0 Å². The molecule has 0 radical (unpaired) electrons. The number of rotatable bonds is 15. The molecule has 4 heteroatoms. The zero-order valence-corrected chi connectivity index (χ0v) is 15.6. The second kappa shape index (κ2) is 19.6. The minimum absolute atomic E-state index is 0. The number of carboxylic acid groups (broad SMARTS) is 1. The SMILES string of the molecule is CCC/C=C/CCCN(CCC/C=C/CCC)CCC(=O)[O-].[Li+]. The number of allylic oxidation sites excluding steroid dienone is 4. The zero-order chi connectivity index (χ0) is 16.5. The molecule has 23 heavy (non-hydrogen) atoms. The van der Waals surface area contributed by atoms with E-state index in [1.165, 1.54) is 12.8 Å². The third-order valence-corrected chi connectivity index (χ3v) is 3.57. The summed E-state index contributed by atoms with van der Waals surface area (Å²) >= 11 is 0. The van der Waals surface area contributed by atoms with E-state index in [0.29, 0.717) is 6.54 Å². The Labute approximate surface area is 155 Å². The second-order valence-corrected chi connectivity index (χ2v) is 5.77. The van der Waals surface area contributed by atoms with E-state index in [9.17, 15) is 9.90 Å². The largest absolute Gasteiger partial charge is 1.00 e. The molecular weight excluding hydrogens is 281 g/mol. The Morgan fingerprint density at radius 1 is 0.826 bits per heavy atom. The summed E-state index contributed by atoms with van der Waals surface area (Å²) in [5.41, 5.74) is 0. The fourth-order valence-electron chi connectivity index (χ4n) is 2.26. The minimum Gasteiger partial charge on any atom is -0.550 e. The van der Waals surface area contributed by atoms with E-state index in [1.54, 1.807) is 0 Å². The van der Waals surface area contributed by atoms with Crippen LogP contribution in [0.3, 0.4) is 0 Å². The predicted molar refractivity (Wildman–Crippen MR) is 92.6 cm³/mol. The van der Waals surface area contributed by atoms with Gasteiger partial charge < -0.3 is 14.8 Å². The Kier molecular flexibility index (Phi) is 21.0. The Bertz CT molecular complexity index is 294. The first-order valence-corrected chi connectivity index (χ1v) is 8.92. The van der Waals surface area contributed by atoms with Crippen LogP contribution < -0.4 is 24.0 Å². The van der Waals surface area contributed by atoms with Gasteiger partial charge in [-0.25, -0.2) is 0 Å². The van der Waals surface area contributed by atoms with Gasteiger partial charge in [-0.15, -0.1) is 0 Å². The van der Waals surface area contributed by atoms with Crippen LogP contribution in [0.2, 0.25) is 0 Å². The molecule has 0 unspecified atom stereocenters. The molecule has 0 bridgehead atoms. The standard InChI is InChI=1S/C19H35NO2.Li/c1-3-5-7-9-11-13-16-20(18-15-19(21)22)17-14-12-10-8-6-4-2;/h7-10H,3-6,11-18H2,1-2H3,(H,21,22);/q;+1/p-1/b9-7+,10-8+;. The Morgan fingerprint density at radius 3 is 1.65 bits per heavy atom. The summed E-state index contributed by atoms with van der Waals surface area (Å²) in [5.74, 6) is -0.948. The van der Waals surface area contributed by atoms with Crippen LogP contribution in [0.4, 0.5) is 0 Å². The fourth-order valence-corrected chi connectivity index (χ4v) is 2.26. The summed E-state index contributed by atoms with van der Waals surface area (Å²) in [6, 6.07) is 0. The molecule has 3 nitrogen and oxygen atoms in total. The molecule has 0 aliphatic carbocycles. The fraction of sp³-hybridized carbons (Fsp3) is 0.737. The van der Waals surface area contributed by atoms with Crippen molar-refractivity contribution >= 4 is 5.97 Å². The maximum atomic E-state index is 10.6. The van der Waals surface area contributed by atoms with Crippen LogP contribution in [0.25, 0.3) is 0 Å². The van der Waals surface area contributed by atoms with Crippen LogP contribution >= 0.6 is 0 Å². The number of hydrogen-bond acceptors (Lipinski definition) is 3. The first-order chi connectivity index (χ1) is 10.7. The van der Waals surface area contributed by atoms with E-state index < -0.39 is 5.97 Å². The average Bonchev–Trinajstić information content (AvgIpc) is 2.50. The number of hydrogen-bond donors (Lipinski definition) is 0. The van der Waals surface area contributed by atoms with Crippen LogP contribution in [-0.2, 0) is 4.79 Å². The van der Waals surface area contributed by atoms with Crippen molar-refractivity contribution in [1.82, 2.24) is 4.90 Å². The van der Waals surface area contributed by atoms with Gasteiger partial charge in [-0.1, -0.05) is 51.0 Å². The van der Waals surface area contributed by atoms with Crippen molar-refractivity contribution in [2.24, 2.45) is 0 Å². The molecule has 0 atom stereocenters. The van der Waals surface area contributed by atoms with Crippen LogP contribution in [0.1, 0.15) is 71.6 Å². The molecule has 0 aliphatic heterocycles.